The fraction of sp³-hybridized carbons (Fsp3) is 0.278. The number of hydrogen-bond acceptors (Lipinski definition) is 2. The molecule has 0 unspecified atom stereocenters. The number of carbonyl (C=O) groups excluding carboxylic acids is 1. The van der Waals surface area contributed by atoms with Gasteiger partial charge < -0.3 is 10.0 Å². The lowest BCUT2D eigenvalue weighted by atomic mass is 10.0. The maximum atomic E-state index is 12.2. The summed E-state index contributed by atoms with van der Waals surface area (Å²) in [6, 6.07) is 17.0. The molecule has 2 aromatic rings. The third-order valence-corrected chi connectivity index (χ3v) is 4.57. The van der Waals surface area contributed by atoms with Crippen molar-refractivity contribution < 1.29 is 9.90 Å². The summed E-state index contributed by atoms with van der Waals surface area (Å²) >= 11 is 9.12. The summed E-state index contributed by atoms with van der Waals surface area (Å²) < 4.78 is 0.944. The highest BCUT2D eigenvalue weighted by molar-refractivity contribution is 9.10. The number of halogens is 2. The molecule has 1 amide bonds. The van der Waals surface area contributed by atoms with E-state index in [1.54, 1.807) is 4.90 Å². The van der Waals surface area contributed by atoms with Crippen LogP contribution in [0.25, 0.3) is 0 Å². The first-order valence-corrected chi connectivity index (χ1v) is 8.69. The van der Waals surface area contributed by atoms with Crippen molar-refractivity contribution in [2.75, 3.05) is 12.4 Å². The molecule has 2 atom stereocenters. The molecule has 0 aliphatic rings. The van der Waals surface area contributed by atoms with E-state index < -0.39 is 6.10 Å². The maximum Gasteiger partial charge on any atom is 0.238 e. The van der Waals surface area contributed by atoms with E-state index in [4.69, 9.17) is 11.6 Å². The second-order valence-electron chi connectivity index (χ2n) is 5.33. The van der Waals surface area contributed by atoms with Crippen molar-refractivity contribution in [2.45, 2.75) is 19.1 Å². The molecule has 0 spiro atoms. The van der Waals surface area contributed by atoms with E-state index >= 15 is 0 Å². The Hall–Kier alpha value is -1.36. The number of benzene rings is 2. The van der Waals surface area contributed by atoms with E-state index in [-0.39, 0.29) is 24.4 Å². The van der Waals surface area contributed by atoms with E-state index in [1.165, 1.54) is 0 Å². The van der Waals surface area contributed by atoms with Gasteiger partial charge in [-0.1, -0.05) is 58.4 Å². The molecule has 0 saturated heterocycles. The number of amides is 1. The Bertz CT molecular complexity index is 633. The van der Waals surface area contributed by atoms with E-state index in [0.717, 1.165) is 15.6 Å². The van der Waals surface area contributed by atoms with Crippen LogP contribution in [0.2, 0.25) is 0 Å². The van der Waals surface area contributed by atoms with Crippen LogP contribution in [0.5, 0.6) is 0 Å². The summed E-state index contributed by atoms with van der Waals surface area (Å²) in [6.07, 6.45) is -0.763. The first-order valence-electron chi connectivity index (χ1n) is 7.37. The van der Waals surface area contributed by atoms with Crippen molar-refractivity contribution in [3.8, 4) is 0 Å². The highest BCUT2D eigenvalue weighted by Crippen LogP contribution is 2.25. The van der Waals surface area contributed by atoms with Gasteiger partial charge in [0.25, 0.3) is 0 Å². The summed E-state index contributed by atoms with van der Waals surface area (Å²) in [7, 11) is 0. The van der Waals surface area contributed by atoms with Gasteiger partial charge in [0.05, 0.1) is 18.7 Å². The van der Waals surface area contributed by atoms with Gasteiger partial charge >= 0.3 is 0 Å². The lowest BCUT2D eigenvalue weighted by molar-refractivity contribution is -0.132. The second kappa shape index (κ2) is 8.48. The fourth-order valence-corrected chi connectivity index (χ4v) is 2.86. The van der Waals surface area contributed by atoms with Crippen LogP contribution >= 0.6 is 27.5 Å². The molecule has 0 aliphatic carbocycles. The van der Waals surface area contributed by atoms with Crippen LogP contribution in [0, 0.1) is 0 Å². The molecule has 5 heteroatoms. The number of hydrogen-bond donors (Lipinski definition) is 1. The summed E-state index contributed by atoms with van der Waals surface area (Å²) in [5, 5.41) is 10.5. The Morgan fingerprint density at radius 3 is 2.30 bits per heavy atom. The molecule has 0 bridgehead atoms. The van der Waals surface area contributed by atoms with Crippen molar-refractivity contribution in [1.29, 1.82) is 0 Å². The lowest BCUT2D eigenvalue weighted by Gasteiger charge is -2.31. The number of aliphatic hydroxyl groups is 1. The number of alkyl halides is 1. The summed E-state index contributed by atoms with van der Waals surface area (Å²) in [6.45, 7) is 2.14. The molecule has 1 N–H and O–H groups in total. The zero-order chi connectivity index (χ0) is 16.8. The van der Waals surface area contributed by atoms with Gasteiger partial charge in [0.2, 0.25) is 5.91 Å². The van der Waals surface area contributed by atoms with Crippen LogP contribution in [0.15, 0.2) is 59.1 Å². The maximum absolute atomic E-state index is 12.2. The largest absolute Gasteiger partial charge is 0.387 e. The van der Waals surface area contributed by atoms with E-state index in [9.17, 15) is 9.90 Å². The van der Waals surface area contributed by atoms with E-state index in [0.29, 0.717) is 0 Å². The predicted octanol–water partition coefficient (Wildman–Crippen LogP) is 4.31. The van der Waals surface area contributed by atoms with Crippen molar-refractivity contribution in [3.63, 3.8) is 0 Å². The minimum atomic E-state index is -0.763. The van der Waals surface area contributed by atoms with Gasteiger partial charge in [0.15, 0.2) is 0 Å². The first kappa shape index (κ1) is 18.0. The molecule has 23 heavy (non-hydrogen) atoms. The minimum absolute atomic E-state index is 0.107. The molecule has 2 rings (SSSR count). The molecule has 122 valence electrons. The van der Waals surface area contributed by atoms with Crippen LogP contribution in [0.3, 0.4) is 0 Å². The van der Waals surface area contributed by atoms with Gasteiger partial charge in [-0.05, 0) is 30.2 Å². The monoisotopic (exact) mass is 395 g/mol. The Morgan fingerprint density at radius 1 is 1.13 bits per heavy atom. The molecule has 0 saturated carbocycles. The Balaban J connectivity index is 2.18. The lowest BCUT2D eigenvalue weighted by Crippen LogP contribution is -2.37. The van der Waals surface area contributed by atoms with Crippen molar-refractivity contribution in [1.82, 2.24) is 4.90 Å². The SMILES string of the molecule is C[C@@H](c1ccccc1)N(C[C@H](O)c1ccc(Br)cc1)C(=O)CCl. The van der Waals surface area contributed by atoms with Crippen LogP contribution in [-0.4, -0.2) is 28.3 Å². The van der Waals surface area contributed by atoms with Gasteiger partial charge in [0.1, 0.15) is 5.88 Å². The molecule has 0 aromatic heterocycles. The van der Waals surface area contributed by atoms with Crippen LogP contribution < -0.4 is 0 Å². The summed E-state index contributed by atoms with van der Waals surface area (Å²) in [5.41, 5.74) is 1.77. The molecule has 3 nitrogen and oxygen atoms in total. The Morgan fingerprint density at radius 2 is 1.74 bits per heavy atom. The molecule has 0 fully saturated rings. The predicted molar refractivity (Wildman–Crippen MR) is 96.4 cm³/mol. The number of rotatable bonds is 6. The van der Waals surface area contributed by atoms with Crippen molar-refractivity contribution in [2.24, 2.45) is 0 Å². The van der Waals surface area contributed by atoms with Gasteiger partial charge in [-0.2, -0.15) is 0 Å². The fourth-order valence-electron chi connectivity index (χ4n) is 2.44. The normalized spacial score (nSPS) is 13.4. The molecule has 0 heterocycles. The molecule has 2 aromatic carbocycles. The standard InChI is InChI=1S/C18H19BrClNO2/c1-13(14-5-3-2-4-6-14)21(18(23)11-20)12-17(22)15-7-9-16(19)10-8-15/h2-10,13,17,22H,11-12H2,1H3/t13-,17-/m0/s1. The van der Waals surface area contributed by atoms with E-state index in [2.05, 4.69) is 15.9 Å². The first-order chi connectivity index (χ1) is 11.0. The van der Waals surface area contributed by atoms with Crippen LogP contribution in [0.4, 0.5) is 0 Å². The second-order valence-corrected chi connectivity index (χ2v) is 6.52. The summed E-state index contributed by atoms with van der Waals surface area (Å²) in [5.74, 6) is -0.302. The van der Waals surface area contributed by atoms with Gasteiger partial charge in [-0.15, -0.1) is 11.6 Å². The quantitative estimate of drug-likeness (QED) is 0.739. The molecular weight excluding hydrogens is 378 g/mol. The van der Waals surface area contributed by atoms with E-state index in [1.807, 2.05) is 61.5 Å². The number of nitrogens with zero attached hydrogens (tertiary/aromatic N) is 1. The van der Waals surface area contributed by atoms with Crippen LogP contribution in [-0.2, 0) is 4.79 Å². The van der Waals surface area contributed by atoms with Gasteiger partial charge in [-0.3, -0.25) is 4.79 Å². The highest BCUT2D eigenvalue weighted by atomic mass is 79.9. The number of carbonyl (C=O) groups is 1. The average molecular weight is 397 g/mol. The smallest absolute Gasteiger partial charge is 0.238 e. The zero-order valence-corrected chi connectivity index (χ0v) is 15.2. The zero-order valence-electron chi connectivity index (χ0n) is 12.8. The molecule has 0 aliphatic heterocycles. The Labute approximate surface area is 150 Å². The van der Waals surface area contributed by atoms with Crippen molar-refractivity contribution >= 4 is 33.4 Å². The third kappa shape index (κ3) is 4.80. The van der Waals surface area contributed by atoms with Crippen molar-refractivity contribution in [3.05, 3.63) is 70.2 Å². The number of aliphatic hydroxyl groups excluding tert-OH is 1. The van der Waals surface area contributed by atoms with Crippen LogP contribution in [0.1, 0.15) is 30.2 Å². The van der Waals surface area contributed by atoms with Gasteiger partial charge in [-0.25, -0.2) is 0 Å². The molecular formula is C18H19BrClNO2. The average Bonchev–Trinajstić information content (AvgIpc) is 2.59. The minimum Gasteiger partial charge on any atom is -0.387 e. The molecule has 0 radical (unpaired) electrons. The third-order valence-electron chi connectivity index (χ3n) is 3.81. The topological polar surface area (TPSA) is 40.5 Å². The Kier molecular flexibility index (Phi) is 6.63. The van der Waals surface area contributed by atoms with Gasteiger partial charge in [0, 0.05) is 4.47 Å². The summed E-state index contributed by atoms with van der Waals surface area (Å²) in [4.78, 5) is 13.8. The highest BCUT2D eigenvalue weighted by Gasteiger charge is 2.24.